The summed E-state index contributed by atoms with van der Waals surface area (Å²) < 4.78 is 16.0. The fourth-order valence-corrected chi connectivity index (χ4v) is 3.40. The SMILES string of the molecule is CC(Cn1c(N)nc2cc(F)c(Br)cc21)N1CCCCC1. The zero-order chi connectivity index (χ0) is 15.0. The summed E-state index contributed by atoms with van der Waals surface area (Å²) in [6, 6.07) is 3.59. The maximum atomic E-state index is 13.6. The first kappa shape index (κ1) is 14.8. The molecule has 2 aromatic rings. The molecular weight excluding hydrogens is 335 g/mol. The van der Waals surface area contributed by atoms with Gasteiger partial charge in [0.15, 0.2) is 0 Å². The Morgan fingerprint density at radius 1 is 1.33 bits per heavy atom. The molecule has 0 saturated carbocycles. The molecule has 1 atom stereocenters. The molecule has 1 saturated heterocycles. The van der Waals surface area contributed by atoms with Gasteiger partial charge in [-0.1, -0.05) is 6.42 Å². The first-order valence-electron chi connectivity index (χ1n) is 7.41. The number of rotatable bonds is 3. The molecule has 2 N–H and O–H groups in total. The maximum Gasteiger partial charge on any atom is 0.201 e. The number of benzene rings is 1. The molecule has 4 nitrogen and oxygen atoms in total. The molecular formula is C15H20BrFN4. The third kappa shape index (κ3) is 2.92. The topological polar surface area (TPSA) is 47.1 Å². The lowest BCUT2D eigenvalue weighted by Crippen LogP contribution is -2.39. The molecule has 0 aliphatic carbocycles. The van der Waals surface area contributed by atoms with Gasteiger partial charge in [-0.2, -0.15) is 0 Å². The van der Waals surface area contributed by atoms with E-state index in [1.54, 1.807) is 6.07 Å². The van der Waals surface area contributed by atoms with E-state index in [9.17, 15) is 4.39 Å². The van der Waals surface area contributed by atoms with Crippen LogP contribution in [0.15, 0.2) is 16.6 Å². The number of hydrogen-bond donors (Lipinski definition) is 1. The normalized spacial score (nSPS) is 18.2. The van der Waals surface area contributed by atoms with E-state index in [2.05, 4.69) is 32.7 Å². The van der Waals surface area contributed by atoms with Crippen molar-refractivity contribution in [2.75, 3.05) is 18.8 Å². The Labute approximate surface area is 132 Å². The minimum atomic E-state index is -0.309. The van der Waals surface area contributed by atoms with Crippen molar-refractivity contribution >= 4 is 32.9 Å². The van der Waals surface area contributed by atoms with E-state index in [1.807, 2.05) is 4.57 Å². The minimum Gasteiger partial charge on any atom is -0.369 e. The minimum absolute atomic E-state index is 0.309. The highest BCUT2D eigenvalue weighted by molar-refractivity contribution is 9.10. The van der Waals surface area contributed by atoms with Crippen LogP contribution in [0, 0.1) is 5.82 Å². The van der Waals surface area contributed by atoms with Crippen LogP contribution < -0.4 is 5.73 Å². The number of nitrogens with two attached hydrogens (primary N) is 1. The Balaban J connectivity index is 1.89. The summed E-state index contributed by atoms with van der Waals surface area (Å²) >= 11 is 3.24. The highest BCUT2D eigenvalue weighted by Crippen LogP contribution is 2.26. The van der Waals surface area contributed by atoms with E-state index in [0.29, 0.717) is 22.0 Å². The van der Waals surface area contributed by atoms with Crippen LogP contribution in [-0.2, 0) is 6.54 Å². The first-order chi connectivity index (χ1) is 10.1. The molecule has 21 heavy (non-hydrogen) atoms. The van der Waals surface area contributed by atoms with Crippen LogP contribution in [0.5, 0.6) is 0 Å². The van der Waals surface area contributed by atoms with Gasteiger partial charge < -0.3 is 10.3 Å². The number of halogens is 2. The molecule has 3 rings (SSSR count). The van der Waals surface area contributed by atoms with Crippen molar-refractivity contribution < 1.29 is 4.39 Å². The number of imidazole rings is 1. The van der Waals surface area contributed by atoms with Crippen molar-refractivity contribution in [3.63, 3.8) is 0 Å². The smallest absolute Gasteiger partial charge is 0.201 e. The molecule has 0 amide bonds. The van der Waals surface area contributed by atoms with Crippen LogP contribution in [0.25, 0.3) is 11.0 Å². The lowest BCUT2D eigenvalue weighted by atomic mass is 10.1. The Kier molecular flexibility index (Phi) is 4.17. The van der Waals surface area contributed by atoms with Crippen molar-refractivity contribution in [2.45, 2.75) is 38.8 Å². The van der Waals surface area contributed by atoms with Crippen LogP contribution in [0.3, 0.4) is 0 Å². The second kappa shape index (κ2) is 5.93. The van der Waals surface area contributed by atoms with Gasteiger partial charge in [0.1, 0.15) is 5.82 Å². The Morgan fingerprint density at radius 2 is 2.05 bits per heavy atom. The first-order valence-corrected chi connectivity index (χ1v) is 8.20. The third-order valence-electron chi connectivity index (χ3n) is 4.28. The molecule has 1 aliphatic rings. The molecule has 1 aromatic heterocycles. The average Bonchev–Trinajstić information content (AvgIpc) is 2.76. The zero-order valence-corrected chi connectivity index (χ0v) is 13.7. The zero-order valence-electron chi connectivity index (χ0n) is 12.1. The van der Waals surface area contributed by atoms with Gasteiger partial charge >= 0.3 is 0 Å². The molecule has 114 valence electrons. The Hall–Kier alpha value is -1.14. The number of aromatic nitrogens is 2. The van der Waals surface area contributed by atoms with E-state index >= 15 is 0 Å². The highest BCUT2D eigenvalue weighted by atomic mass is 79.9. The molecule has 6 heteroatoms. The summed E-state index contributed by atoms with van der Waals surface area (Å²) in [5.41, 5.74) is 7.52. The van der Waals surface area contributed by atoms with Crippen LogP contribution in [0.2, 0.25) is 0 Å². The number of anilines is 1. The molecule has 1 unspecified atom stereocenters. The summed E-state index contributed by atoms with van der Waals surface area (Å²) in [6.07, 6.45) is 3.86. The van der Waals surface area contributed by atoms with Gasteiger partial charge in [0, 0.05) is 18.7 Å². The Morgan fingerprint density at radius 3 is 2.76 bits per heavy atom. The molecule has 1 fully saturated rings. The average molecular weight is 355 g/mol. The largest absolute Gasteiger partial charge is 0.369 e. The number of nitrogen functional groups attached to an aromatic ring is 1. The van der Waals surface area contributed by atoms with Crippen LogP contribution in [-0.4, -0.2) is 33.6 Å². The summed E-state index contributed by atoms with van der Waals surface area (Å²) in [6.45, 7) is 5.29. The van der Waals surface area contributed by atoms with E-state index in [1.165, 1.54) is 25.3 Å². The van der Waals surface area contributed by atoms with Gasteiger partial charge in [-0.25, -0.2) is 9.37 Å². The van der Waals surface area contributed by atoms with Gasteiger partial charge in [-0.15, -0.1) is 0 Å². The van der Waals surface area contributed by atoms with Gasteiger partial charge in [-0.05, 0) is 54.9 Å². The number of piperidine rings is 1. The summed E-state index contributed by atoms with van der Waals surface area (Å²) in [7, 11) is 0. The number of fused-ring (bicyclic) bond motifs is 1. The number of hydrogen-bond acceptors (Lipinski definition) is 3. The molecule has 0 radical (unpaired) electrons. The van der Waals surface area contributed by atoms with E-state index in [0.717, 1.165) is 25.2 Å². The third-order valence-corrected chi connectivity index (χ3v) is 4.89. The second-order valence-corrected chi connectivity index (χ2v) is 6.64. The van der Waals surface area contributed by atoms with Gasteiger partial charge in [0.05, 0.1) is 15.5 Å². The summed E-state index contributed by atoms with van der Waals surface area (Å²) in [4.78, 5) is 6.77. The highest BCUT2D eigenvalue weighted by Gasteiger charge is 2.19. The maximum absolute atomic E-state index is 13.6. The standard InChI is InChI=1S/C15H20BrFN4/c1-10(20-5-3-2-4-6-20)9-21-14-7-11(16)12(17)8-13(14)19-15(21)18/h7-8,10H,2-6,9H2,1H3,(H2,18,19). The van der Waals surface area contributed by atoms with Gasteiger partial charge in [0.2, 0.25) is 5.95 Å². The van der Waals surface area contributed by atoms with Crippen molar-refractivity contribution in [1.82, 2.24) is 14.5 Å². The molecule has 0 spiro atoms. The molecule has 0 bridgehead atoms. The lowest BCUT2D eigenvalue weighted by molar-refractivity contribution is 0.161. The van der Waals surface area contributed by atoms with Gasteiger partial charge in [-0.3, -0.25) is 4.90 Å². The molecule has 1 aliphatic heterocycles. The fraction of sp³-hybridized carbons (Fsp3) is 0.533. The molecule has 1 aromatic carbocycles. The Bertz CT molecular complexity index is 649. The predicted molar refractivity (Wildman–Crippen MR) is 86.7 cm³/mol. The van der Waals surface area contributed by atoms with Crippen LogP contribution >= 0.6 is 15.9 Å². The van der Waals surface area contributed by atoms with Crippen LogP contribution in [0.4, 0.5) is 10.3 Å². The quantitative estimate of drug-likeness (QED) is 0.918. The van der Waals surface area contributed by atoms with Crippen molar-refractivity contribution in [1.29, 1.82) is 0 Å². The number of nitrogens with zero attached hydrogens (tertiary/aromatic N) is 3. The van der Waals surface area contributed by atoms with Crippen molar-refractivity contribution in [3.8, 4) is 0 Å². The lowest BCUT2D eigenvalue weighted by Gasteiger charge is -2.32. The summed E-state index contributed by atoms with van der Waals surface area (Å²) in [5.74, 6) is 0.141. The molecule has 2 heterocycles. The second-order valence-electron chi connectivity index (χ2n) is 5.78. The van der Waals surface area contributed by atoms with E-state index in [-0.39, 0.29) is 5.82 Å². The summed E-state index contributed by atoms with van der Waals surface area (Å²) in [5, 5.41) is 0. The number of likely N-dealkylation sites (tertiary alicyclic amines) is 1. The monoisotopic (exact) mass is 354 g/mol. The van der Waals surface area contributed by atoms with E-state index < -0.39 is 0 Å². The van der Waals surface area contributed by atoms with Crippen LogP contribution in [0.1, 0.15) is 26.2 Å². The van der Waals surface area contributed by atoms with Crippen molar-refractivity contribution in [3.05, 3.63) is 22.4 Å². The van der Waals surface area contributed by atoms with Gasteiger partial charge in [0.25, 0.3) is 0 Å². The fourth-order valence-electron chi connectivity index (χ4n) is 3.07. The predicted octanol–water partition coefficient (Wildman–Crippen LogP) is 3.39. The van der Waals surface area contributed by atoms with E-state index in [4.69, 9.17) is 5.73 Å². The van der Waals surface area contributed by atoms with Crippen molar-refractivity contribution in [2.24, 2.45) is 0 Å².